The van der Waals surface area contributed by atoms with Crippen LogP contribution in [0.15, 0.2) is 42.6 Å². The Morgan fingerprint density at radius 1 is 1.14 bits per heavy atom. The average molecular weight is 203 g/mol. The van der Waals surface area contributed by atoms with Crippen molar-refractivity contribution in [3.05, 3.63) is 64.9 Å². The van der Waals surface area contributed by atoms with E-state index in [0.717, 1.165) is 22.6 Å². The Balaban J connectivity index is 2.24. The first-order chi connectivity index (χ1) is 6.86. The Morgan fingerprint density at radius 3 is 2.71 bits per heavy atom. The largest absolute Gasteiger partial charge is 0.254 e. The fourth-order valence-corrected chi connectivity index (χ4v) is 1.51. The molecule has 0 fully saturated rings. The van der Waals surface area contributed by atoms with Gasteiger partial charge >= 0.3 is 0 Å². The van der Waals surface area contributed by atoms with E-state index < -0.39 is 0 Å². The zero-order valence-electron chi connectivity index (χ0n) is 7.57. The highest BCUT2D eigenvalue weighted by Crippen LogP contribution is 2.17. The normalized spacial score (nSPS) is 10.1. The van der Waals surface area contributed by atoms with Gasteiger partial charge in [-0.3, -0.25) is 4.98 Å². The Labute approximate surface area is 88.4 Å². The van der Waals surface area contributed by atoms with Crippen LogP contribution < -0.4 is 0 Å². The second-order valence-electron chi connectivity index (χ2n) is 3.04. The molecule has 0 amide bonds. The summed E-state index contributed by atoms with van der Waals surface area (Å²) in [7, 11) is 0. The van der Waals surface area contributed by atoms with E-state index in [-0.39, 0.29) is 0 Å². The number of aromatic nitrogens is 1. The number of benzene rings is 1. The topological polar surface area (TPSA) is 12.9 Å². The molecule has 1 aromatic heterocycles. The fraction of sp³-hybridized carbons (Fsp3) is 0.0833. The smallest absolute Gasteiger partial charge is 0.0924 e. The molecule has 0 bridgehead atoms. The highest BCUT2D eigenvalue weighted by molar-refractivity contribution is 6.31. The Kier molecular flexibility index (Phi) is 2.80. The second kappa shape index (κ2) is 4.25. The van der Waals surface area contributed by atoms with Crippen LogP contribution in [0.2, 0.25) is 5.02 Å². The van der Waals surface area contributed by atoms with Gasteiger partial charge < -0.3 is 0 Å². The lowest BCUT2D eigenvalue weighted by Crippen LogP contribution is -1.89. The maximum Gasteiger partial charge on any atom is 0.0924 e. The molecule has 1 nitrogen and oxygen atoms in total. The van der Waals surface area contributed by atoms with Crippen molar-refractivity contribution in [3.8, 4) is 0 Å². The van der Waals surface area contributed by atoms with Crippen molar-refractivity contribution >= 4 is 11.6 Å². The second-order valence-corrected chi connectivity index (χ2v) is 3.45. The number of halogens is 1. The van der Waals surface area contributed by atoms with Gasteiger partial charge in [-0.25, -0.2) is 0 Å². The molecule has 2 aromatic rings. The molecular weight excluding hydrogens is 194 g/mol. The van der Waals surface area contributed by atoms with E-state index in [1.54, 1.807) is 6.20 Å². The number of hydrogen-bond donors (Lipinski definition) is 0. The number of hydrogen-bond acceptors (Lipinski definition) is 1. The van der Waals surface area contributed by atoms with Crippen molar-refractivity contribution in [2.75, 3.05) is 0 Å². The molecule has 0 aliphatic carbocycles. The van der Waals surface area contributed by atoms with Gasteiger partial charge in [0.05, 0.1) is 6.20 Å². The van der Waals surface area contributed by atoms with Crippen LogP contribution in [0.5, 0.6) is 0 Å². The predicted octanol–water partition coefficient (Wildman–Crippen LogP) is 3.13. The average Bonchev–Trinajstić information content (AvgIpc) is 2.23. The lowest BCUT2D eigenvalue weighted by atomic mass is 10.1. The van der Waals surface area contributed by atoms with E-state index in [1.165, 1.54) is 0 Å². The minimum Gasteiger partial charge on any atom is -0.254 e. The molecule has 0 atom stereocenters. The van der Waals surface area contributed by atoms with E-state index in [2.05, 4.69) is 11.2 Å². The van der Waals surface area contributed by atoms with E-state index in [0.29, 0.717) is 0 Å². The summed E-state index contributed by atoms with van der Waals surface area (Å²) in [6, 6.07) is 11.7. The zero-order chi connectivity index (χ0) is 9.80. The maximum atomic E-state index is 6.04. The Bertz CT molecular complexity index is 412. The number of nitrogens with zero attached hydrogens (tertiary/aromatic N) is 1. The minimum atomic E-state index is 0.785. The highest BCUT2D eigenvalue weighted by Gasteiger charge is 2.00. The standard InChI is InChI=1S/C12H9ClN/c13-12-6-2-1-5-11(12)8-10-4-3-7-14-9-10/h1-7H,8H2. The lowest BCUT2D eigenvalue weighted by molar-refractivity contribution is 1.14. The van der Waals surface area contributed by atoms with E-state index in [9.17, 15) is 0 Å². The van der Waals surface area contributed by atoms with Crippen LogP contribution >= 0.6 is 11.6 Å². The first-order valence-corrected chi connectivity index (χ1v) is 4.79. The van der Waals surface area contributed by atoms with Crippen molar-refractivity contribution in [1.82, 2.24) is 4.98 Å². The molecule has 1 aromatic carbocycles. The summed E-state index contributed by atoms with van der Waals surface area (Å²) < 4.78 is 0. The van der Waals surface area contributed by atoms with Crippen LogP contribution in [0.25, 0.3) is 0 Å². The summed E-state index contributed by atoms with van der Waals surface area (Å²) in [6.45, 7) is 0. The Morgan fingerprint density at radius 2 is 2.00 bits per heavy atom. The third-order valence-electron chi connectivity index (χ3n) is 2.00. The summed E-state index contributed by atoms with van der Waals surface area (Å²) in [5.74, 6) is 0. The third-order valence-corrected chi connectivity index (χ3v) is 2.37. The molecule has 0 aliphatic rings. The third kappa shape index (κ3) is 2.12. The van der Waals surface area contributed by atoms with E-state index in [1.807, 2.05) is 36.4 Å². The van der Waals surface area contributed by atoms with Crippen LogP contribution in [-0.4, -0.2) is 4.98 Å². The van der Waals surface area contributed by atoms with Crippen molar-refractivity contribution in [1.29, 1.82) is 0 Å². The van der Waals surface area contributed by atoms with Gasteiger partial charge in [0.25, 0.3) is 0 Å². The van der Waals surface area contributed by atoms with Gasteiger partial charge in [-0.05, 0) is 23.3 Å². The van der Waals surface area contributed by atoms with Gasteiger partial charge in [-0.1, -0.05) is 35.9 Å². The van der Waals surface area contributed by atoms with Gasteiger partial charge in [0.2, 0.25) is 0 Å². The van der Waals surface area contributed by atoms with Gasteiger partial charge in [-0.2, -0.15) is 0 Å². The summed E-state index contributed by atoms with van der Waals surface area (Å²) in [6.07, 6.45) is 5.44. The minimum absolute atomic E-state index is 0.785. The van der Waals surface area contributed by atoms with Crippen LogP contribution in [0.4, 0.5) is 0 Å². The molecule has 2 rings (SSSR count). The molecule has 0 saturated heterocycles. The molecule has 69 valence electrons. The van der Waals surface area contributed by atoms with Gasteiger partial charge in [-0.15, -0.1) is 0 Å². The molecule has 0 spiro atoms. The van der Waals surface area contributed by atoms with Gasteiger partial charge in [0.1, 0.15) is 0 Å². The first-order valence-electron chi connectivity index (χ1n) is 4.41. The maximum absolute atomic E-state index is 6.04. The molecule has 0 unspecified atom stereocenters. The SMILES string of the molecule is Clc1ccccc1Cc1[c]nccc1. The molecule has 14 heavy (non-hydrogen) atoms. The number of rotatable bonds is 2. The first kappa shape index (κ1) is 9.22. The van der Waals surface area contributed by atoms with Gasteiger partial charge in [0.15, 0.2) is 0 Å². The highest BCUT2D eigenvalue weighted by atomic mass is 35.5. The zero-order valence-corrected chi connectivity index (χ0v) is 8.33. The molecule has 2 heteroatoms. The number of pyridine rings is 1. The molecule has 1 heterocycles. The van der Waals surface area contributed by atoms with Crippen LogP contribution in [-0.2, 0) is 6.42 Å². The molecule has 0 aliphatic heterocycles. The molecular formula is C12H9ClN. The summed E-state index contributed by atoms with van der Waals surface area (Å²) in [5, 5.41) is 0.796. The summed E-state index contributed by atoms with van der Waals surface area (Å²) >= 11 is 6.04. The van der Waals surface area contributed by atoms with Crippen molar-refractivity contribution in [2.24, 2.45) is 0 Å². The van der Waals surface area contributed by atoms with Crippen molar-refractivity contribution in [3.63, 3.8) is 0 Å². The quantitative estimate of drug-likeness (QED) is 0.729. The monoisotopic (exact) mass is 202 g/mol. The van der Waals surface area contributed by atoms with Crippen LogP contribution in [0, 0.1) is 6.20 Å². The summed E-state index contributed by atoms with van der Waals surface area (Å²) in [5.41, 5.74) is 2.17. The summed E-state index contributed by atoms with van der Waals surface area (Å²) in [4.78, 5) is 3.94. The van der Waals surface area contributed by atoms with Crippen molar-refractivity contribution in [2.45, 2.75) is 6.42 Å². The molecule has 0 N–H and O–H groups in total. The van der Waals surface area contributed by atoms with Gasteiger partial charge in [0, 0.05) is 17.6 Å². The predicted molar refractivity (Wildman–Crippen MR) is 57.3 cm³/mol. The van der Waals surface area contributed by atoms with Crippen molar-refractivity contribution < 1.29 is 0 Å². The molecule has 1 radical (unpaired) electrons. The van der Waals surface area contributed by atoms with Crippen LogP contribution in [0.3, 0.4) is 0 Å². The fourth-order valence-electron chi connectivity index (χ4n) is 1.31. The lowest BCUT2D eigenvalue weighted by Gasteiger charge is -2.02. The van der Waals surface area contributed by atoms with Crippen LogP contribution in [0.1, 0.15) is 11.1 Å². The van der Waals surface area contributed by atoms with E-state index in [4.69, 9.17) is 11.6 Å². The Hall–Kier alpha value is -1.34. The van der Waals surface area contributed by atoms with E-state index >= 15 is 0 Å². The molecule has 0 saturated carbocycles.